The summed E-state index contributed by atoms with van der Waals surface area (Å²) in [5.41, 5.74) is 0. The SMILES string of the molecule is O[C@H]1[C@@H](NCc2ccco2)[C@@H]2CO[C@H](O2)[C@@H]1N1CCCC1. The maximum absolute atomic E-state index is 10.8. The third-order valence-corrected chi connectivity index (χ3v) is 4.79. The van der Waals surface area contributed by atoms with E-state index in [0.29, 0.717) is 13.2 Å². The topological polar surface area (TPSA) is 67.1 Å². The highest BCUT2D eigenvalue weighted by molar-refractivity contribution is 5.04. The molecule has 6 heteroatoms. The van der Waals surface area contributed by atoms with Crippen LogP contribution in [0.4, 0.5) is 0 Å². The first kappa shape index (κ1) is 13.7. The maximum atomic E-state index is 10.8. The van der Waals surface area contributed by atoms with E-state index in [1.165, 1.54) is 12.8 Å². The predicted molar refractivity (Wildman–Crippen MR) is 74.6 cm³/mol. The number of hydrogen-bond donors (Lipinski definition) is 2. The van der Waals surface area contributed by atoms with Gasteiger partial charge in [0.05, 0.1) is 37.6 Å². The quantitative estimate of drug-likeness (QED) is 0.833. The summed E-state index contributed by atoms with van der Waals surface area (Å²) in [4.78, 5) is 2.30. The molecule has 3 aliphatic rings. The van der Waals surface area contributed by atoms with Crippen LogP contribution in [0.15, 0.2) is 22.8 Å². The molecule has 0 unspecified atom stereocenters. The molecule has 21 heavy (non-hydrogen) atoms. The number of nitrogens with zero attached hydrogens (tertiary/aromatic N) is 1. The van der Waals surface area contributed by atoms with E-state index < -0.39 is 6.10 Å². The Kier molecular flexibility index (Phi) is 3.72. The first-order chi connectivity index (χ1) is 10.3. The van der Waals surface area contributed by atoms with Crippen molar-refractivity contribution in [3.63, 3.8) is 0 Å². The Balaban J connectivity index is 1.47. The first-order valence-electron chi connectivity index (χ1n) is 7.78. The van der Waals surface area contributed by atoms with E-state index in [1.807, 2.05) is 12.1 Å². The molecule has 0 spiro atoms. The number of fused-ring (bicyclic) bond motifs is 2. The normalized spacial score (nSPS) is 40.0. The summed E-state index contributed by atoms with van der Waals surface area (Å²) >= 11 is 0. The summed E-state index contributed by atoms with van der Waals surface area (Å²) in [6.45, 7) is 3.16. The van der Waals surface area contributed by atoms with Crippen molar-refractivity contribution in [1.82, 2.24) is 10.2 Å². The minimum absolute atomic E-state index is 0.0691. The van der Waals surface area contributed by atoms with Gasteiger partial charge in [-0.3, -0.25) is 4.90 Å². The molecule has 0 radical (unpaired) electrons. The van der Waals surface area contributed by atoms with Crippen LogP contribution in [0.5, 0.6) is 0 Å². The molecule has 2 N–H and O–H groups in total. The van der Waals surface area contributed by atoms with Gasteiger partial charge >= 0.3 is 0 Å². The van der Waals surface area contributed by atoms with E-state index >= 15 is 0 Å². The Morgan fingerprint density at radius 2 is 2.19 bits per heavy atom. The van der Waals surface area contributed by atoms with Crippen LogP contribution in [0.2, 0.25) is 0 Å². The summed E-state index contributed by atoms with van der Waals surface area (Å²) in [6.07, 6.45) is 3.17. The smallest absolute Gasteiger partial charge is 0.176 e. The molecule has 0 aliphatic carbocycles. The summed E-state index contributed by atoms with van der Waals surface area (Å²) < 4.78 is 17.0. The van der Waals surface area contributed by atoms with E-state index in [9.17, 15) is 5.11 Å². The van der Waals surface area contributed by atoms with Crippen LogP contribution in [-0.4, -0.2) is 60.3 Å². The Morgan fingerprint density at radius 3 is 2.95 bits per heavy atom. The molecular weight excluding hydrogens is 272 g/mol. The van der Waals surface area contributed by atoms with Gasteiger partial charge in [0, 0.05) is 0 Å². The molecule has 6 nitrogen and oxygen atoms in total. The van der Waals surface area contributed by atoms with Crippen molar-refractivity contribution in [3.05, 3.63) is 24.2 Å². The fourth-order valence-corrected chi connectivity index (χ4v) is 3.71. The third-order valence-electron chi connectivity index (χ3n) is 4.79. The van der Waals surface area contributed by atoms with Gasteiger partial charge in [0.2, 0.25) is 0 Å². The van der Waals surface area contributed by atoms with E-state index in [4.69, 9.17) is 13.9 Å². The number of furan rings is 1. The first-order valence-corrected chi connectivity index (χ1v) is 7.78. The van der Waals surface area contributed by atoms with Gasteiger partial charge in [-0.1, -0.05) is 0 Å². The molecule has 1 aromatic rings. The number of aliphatic hydroxyl groups is 1. The fourth-order valence-electron chi connectivity index (χ4n) is 3.71. The molecule has 3 fully saturated rings. The molecule has 3 saturated heterocycles. The minimum Gasteiger partial charge on any atom is -0.468 e. The molecule has 1 aromatic heterocycles. The molecule has 4 rings (SSSR count). The van der Waals surface area contributed by atoms with Crippen LogP contribution in [0.1, 0.15) is 18.6 Å². The van der Waals surface area contributed by atoms with Gasteiger partial charge in [-0.05, 0) is 38.1 Å². The van der Waals surface area contributed by atoms with Gasteiger partial charge in [-0.15, -0.1) is 0 Å². The lowest BCUT2D eigenvalue weighted by atomic mass is 9.95. The molecular formula is C15H22N2O4. The molecule has 5 atom stereocenters. The zero-order valence-corrected chi connectivity index (χ0v) is 12.0. The highest BCUT2D eigenvalue weighted by Gasteiger charge is 2.52. The lowest BCUT2D eigenvalue weighted by Crippen LogP contribution is -2.63. The minimum atomic E-state index is -0.482. The van der Waals surface area contributed by atoms with E-state index in [0.717, 1.165) is 18.8 Å². The molecule has 2 bridgehead atoms. The van der Waals surface area contributed by atoms with Gasteiger partial charge in [-0.2, -0.15) is 0 Å². The largest absolute Gasteiger partial charge is 0.468 e. The number of aliphatic hydroxyl groups excluding tert-OH is 1. The van der Waals surface area contributed by atoms with Gasteiger partial charge < -0.3 is 24.3 Å². The third kappa shape index (κ3) is 2.51. The zero-order valence-electron chi connectivity index (χ0n) is 12.0. The highest BCUT2D eigenvalue weighted by Crippen LogP contribution is 2.33. The van der Waals surface area contributed by atoms with Crippen molar-refractivity contribution in [2.24, 2.45) is 0 Å². The average molecular weight is 294 g/mol. The van der Waals surface area contributed by atoms with Gasteiger partial charge in [0.1, 0.15) is 11.9 Å². The van der Waals surface area contributed by atoms with Gasteiger partial charge in [0.15, 0.2) is 6.29 Å². The van der Waals surface area contributed by atoms with E-state index in [1.54, 1.807) is 6.26 Å². The van der Waals surface area contributed by atoms with Crippen molar-refractivity contribution in [3.8, 4) is 0 Å². The van der Waals surface area contributed by atoms with Crippen molar-refractivity contribution in [2.75, 3.05) is 19.7 Å². The number of likely N-dealkylation sites (tertiary alicyclic amines) is 1. The van der Waals surface area contributed by atoms with Crippen LogP contribution in [0, 0.1) is 0 Å². The summed E-state index contributed by atoms with van der Waals surface area (Å²) in [5.74, 6) is 0.862. The average Bonchev–Trinajstić information content (AvgIpc) is 3.20. The fraction of sp³-hybridized carbons (Fsp3) is 0.733. The van der Waals surface area contributed by atoms with Gasteiger partial charge in [-0.25, -0.2) is 0 Å². The second-order valence-electron chi connectivity index (χ2n) is 6.09. The Hall–Kier alpha value is -0.920. The zero-order chi connectivity index (χ0) is 14.2. The number of nitrogens with one attached hydrogen (secondary N) is 1. The van der Waals surface area contributed by atoms with Crippen LogP contribution < -0.4 is 5.32 Å². The molecule has 0 aromatic carbocycles. The Labute approximate surface area is 124 Å². The van der Waals surface area contributed by atoms with Crippen molar-refractivity contribution in [1.29, 1.82) is 0 Å². The van der Waals surface area contributed by atoms with E-state index in [2.05, 4.69) is 10.2 Å². The number of hydrogen-bond acceptors (Lipinski definition) is 6. The summed E-state index contributed by atoms with van der Waals surface area (Å²) in [5, 5.41) is 14.2. The predicted octanol–water partition coefficient (Wildman–Crippen LogP) is 0.318. The number of rotatable bonds is 4. The molecule has 116 valence electrons. The molecule has 0 saturated carbocycles. The Morgan fingerprint density at radius 1 is 1.33 bits per heavy atom. The Bertz CT molecular complexity index is 458. The van der Waals surface area contributed by atoms with E-state index in [-0.39, 0.29) is 24.5 Å². The second-order valence-corrected chi connectivity index (χ2v) is 6.09. The molecule has 4 heterocycles. The standard InChI is InChI=1S/C15H22N2O4/c18-14-12(16-8-10-4-3-7-19-10)11-9-20-15(21-11)13(14)17-5-1-2-6-17/h3-4,7,11-16,18H,1-2,5-6,8-9H2/t11-,12-,13+,14-,15+/m0/s1. The van der Waals surface area contributed by atoms with Crippen LogP contribution >= 0.6 is 0 Å². The van der Waals surface area contributed by atoms with Crippen molar-refractivity contribution >= 4 is 0 Å². The monoisotopic (exact) mass is 294 g/mol. The molecule has 0 amide bonds. The number of ether oxygens (including phenoxy) is 2. The van der Waals surface area contributed by atoms with Crippen LogP contribution in [-0.2, 0) is 16.0 Å². The lowest BCUT2D eigenvalue weighted by molar-refractivity contribution is -0.179. The van der Waals surface area contributed by atoms with Crippen LogP contribution in [0.3, 0.4) is 0 Å². The summed E-state index contributed by atoms with van der Waals surface area (Å²) in [7, 11) is 0. The van der Waals surface area contributed by atoms with Crippen molar-refractivity contribution < 1.29 is 19.0 Å². The van der Waals surface area contributed by atoms with Gasteiger partial charge in [0.25, 0.3) is 0 Å². The molecule has 3 aliphatic heterocycles. The van der Waals surface area contributed by atoms with Crippen molar-refractivity contribution in [2.45, 2.75) is 50.0 Å². The van der Waals surface area contributed by atoms with Crippen LogP contribution in [0.25, 0.3) is 0 Å². The highest BCUT2D eigenvalue weighted by atomic mass is 16.7. The second kappa shape index (κ2) is 5.70. The maximum Gasteiger partial charge on any atom is 0.176 e. The summed E-state index contributed by atoms with van der Waals surface area (Å²) in [6, 6.07) is 3.60. The lowest BCUT2D eigenvalue weighted by Gasteiger charge is -2.42.